The van der Waals surface area contributed by atoms with E-state index in [9.17, 15) is 26.3 Å². The molecule has 0 radical (unpaired) electrons. The highest BCUT2D eigenvalue weighted by atomic mass is 35.5. The van der Waals surface area contributed by atoms with E-state index in [-0.39, 0.29) is 12.5 Å². The standard InChI is InChI=1S/C10H11Cl2F6NO/c11-1-2-20-5-3-4-6(12)7(5)19-8(4,9(13,14)15)10(16,17)18/h4-7,19H,1-3H2/t4-,5-,6+,7-/m1/s1. The average molecular weight is 346 g/mol. The Morgan fingerprint density at radius 1 is 1.15 bits per heavy atom. The maximum atomic E-state index is 13.0. The fourth-order valence-corrected chi connectivity index (χ4v) is 3.66. The Morgan fingerprint density at radius 3 is 2.05 bits per heavy atom. The highest BCUT2D eigenvalue weighted by Crippen LogP contribution is 2.58. The van der Waals surface area contributed by atoms with E-state index in [0.29, 0.717) is 0 Å². The summed E-state index contributed by atoms with van der Waals surface area (Å²) >= 11 is 11.2. The molecular formula is C10H11Cl2F6NO. The van der Waals surface area contributed by atoms with E-state index >= 15 is 0 Å². The second kappa shape index (κ2) is 5.07. The molecule has 0 aromatic carbocycles. The van der Waals surface area contributed by atoms with Gasteiger partial charge < -0.3 is 4.74 Å². The zero-order valence-electron chi connectivity index (χ0n) is 9.86. The topological polar surface area (TPSA) is 21.3 Å². The molecule has 2 bridgehead atoms. The molecule has 10 heteroatoms. The van der Waals surface area contributed by atoms with Gasteiger partial charge in [0.2, 0.25) is 5.54 Å². The van der Waals surface area contributed by atoms with Crippen LogP contribution < -0.4 is 5.32 Å². The van der Waals surface area contributed by atoms with Gasteiger partial charge in [0.05, 0.1) is 24.1 Å². The quantitative estimate of drug-likeness (QED) is 0.627. The summed E-state index contributed by atoms with van der Waals surface area (Å²) in [6.45, 7) is 0.0474. The maximum Gasteiger partial charge on any atom is 0.415 e. The van der Waals surface area contributed by atoms with Crippen molar-refractivity contribution in [3.8, 4) is 0 Å². The summed E-state index contributed by atoms with van der Waals surface area (Å²) in [7, 11) is 0. The summed E-state index contributed by atoms with van der Waals surface area (Å²) in [6.07, 6.45) is -12.1. The number of ether oxygens (including phenoxy) is 1. The van der Waals surface area contributed by atoms with Gasteiger partial charge in [-0.3, -0.25) is 5.32 Å². The van der Waals surface area contributed by atoms with Gasteiger partial charge in [-0.2, -0.15) is 26.3 Å². The van der Waals surface area contributed by atoms with Crippen molar-refractivity contribution in [1.82, 2.24) is 5.32 Å². The molecule has 2 rings (SSSR count). The first kappa shape index (κ1) is 16.5. The Labute approximate surface area is 120 Å². The first-order chi connectivity index (χ1) is 9.06. The van der Waals surface area contributed by atoms with Crippen LogP contribution in [0.2, 0.25) is 0 Å². The number of alkyl halides is 8. The number of nitrogens with one attached hydrogen (secondary N) is 1. The molecule has 20 heavy (non-hydrogen) atoms. The molecule has 0 aromatic heterocycles. The van der Waals surface area contributed by atoms with E-state index in [4.69, 9.17) is 27.9 Å². The Kier molecular flexibility index (Phi) is 4.17. The minimum Gasteiger partial charge on any atom is -0.375 e. The fourth-order valence-electron chi connectivity index (χ4n) is 3.05. The molecule has 2 aliphatic rings. The summed E-state index contributed by atoms with van der Waals surface area (Å²) in [5.74, 6) is -1.71. The predicted octanol–water partition coefficient (Wildman–Crippen LogP) is 3.07. The van der Waals surface area contributed by atoms with Crippen LogP contribution in [-0.4, -0.2) is 47.9 Å². The van der Waals surface area contributed by atoms with E-state index < -0.39 is 47.8 Å². The van der Waals surface area contributed by atoms with Gasteiger partial charge in [-0.1, -0.05) is 0 Å². The van der Waals surface area contributed by atoms with Gasteiger partial charge in [0, 0.05) is 11.8 Å². The van der Waals surface area contributed by atoms with Crippen molar-refractivity contribution in [3.05, 3.63) is 0 Å². The first-order valence-electron chi connectivity index (χ1n) is 5.79. The molecule has 0 amide bonds. The monoisotopic (exact) mass is 345 g/mol. The highest BCUT2D eigenvalue weighted by Gasteiger charge is 2.81. The smallest absolute Gasteiger partial charge is 0.375 e. The third-order valence-corrected chi connectivity index (χ3v) is 4.60. The lowest BCUT2D eigenvalue weighted by Gasteiger charge is -2.42. The second-order valence-corrected chi connectivity index (χ2v) is 5.74. The first-order valence-corrected chi connectivity index (χ1v) is 6.76. The molecule has 2 nitrogen and oxygen atoms in total. The van der Waals surface area contributed by atoms with Crippen molar-refractivity contribution in [3.63, 3.8) is 0 Å². The summed E-state index contributed by atoms with van der Waals surface area (Å²) < 4.78 is 83.3. The molecule has 1 saturated heterocycles. The number of fused-ring (bicyclic) bond motifs is 2. The van der Waals surface area contributed by atoms with Crippen molar-refractivity contribution in [2.75, 3.05) is 12.5 Å². The van der Waals surface area contributed by atoms with Crippen LogP contribution in [0.4, 0.5) is 26.3 Å². The Morgan fingerprint density at radius 2 is 1.70 bits per heavy atom. The van der Waals surface area contributed by atoms with Gasteiger partial charge >= 0.3 is 12.4 Å². The van der Waals surface area contributed by atoms with Crippen LogP contribution in [0, 0.1) is 5.92 Å². The molecule has 0 aromatic rings. The number of hydrogen-bond acceptors (Lipinski definition) is 2. The van der Waals surface area contributed by atoms with Crippen molar-refractivity contribution in [2.45, 2.75) is 41.8 Å². The third kappa shape index (κ3) is 2.19. The summed E-state index contributed by atoms with van der Waals surface area (Å²) in [5, 5.41) is 0.350. The molecule has 1 heterocycles. The minimum atomic E-state index is -5.48. The van der Waals surface area contributed by atoms with Crippen molar-refractivity contribution < 1.29 is 31.1 Å². The molecule has 1 aliphatic heterocycles. The maximum absolute atomic E-state index is 13.0. The predicted molar refractivity (Wildman–Crippen MR) is 60.0 cm³/mol. The molecule has 118 valence electrons. The van der Waals surface area contributed by atoms with Gasteiger partial charge in [-0.15, -0.1) is 23.2 Å². The molecule has 4 atom stereocenters. The zero-order chi connectivity index (χ0) is 15.3. The minimum absolute atomic E-state index is 0.0474. The number of piperidine rings is 1. The molecule has 2 fully saturated rings. The normalized spacial score (nSPS) is 36.6. The number of halogens is 8. The molecule has 0 spiro atoms. The van der Waals surface area contributed by atoms with Gasteiger partial charge in [0.15, 0.2) is 0 Å². The molecule has 1 N–H and O–H groups in total. The van der Waals surface area contributed by atoms with E-state index in [2.05, 4.69) is 0 Å². The SMILES string of the molecule is FC(F)(F)C1(C(F)(F)F)N[C@H]2[C@@H](Cl)[C@H]1C[C@H]2OCCCl. The van der Waals surface area contributed by atoms with Crippen LogP contribution in [-0.2, 0) is 4.74 Å². The van der Waals surface area contributed by atoms with Gasteiger partial charge in [0.25, 0.3) is 0 Å². The van der Waals surface area contributed by atoms with Crippen molar-refractivity contribution in [1.29, 1.82) is 0 Å². The van der Waals surface area contributed by atoms with Crippen LogP contribution >= 0.6 is 23.2 Å². The number of hydrogen-bond donors (Lipinski definition) is 1. The molecule has 1 aliphatic carbocycles. The van der Waals surface area contributed by atoms with Crippen LogP contribution in [0.5, 0.6) is 0 Å². The largest absolute Gasteiger partial charge is 0.415 e. The lowest BCUT2D eigenvalue weighted by molar-refractivity contribution is -0.321. The van der Waals surface area contributed by atoms with Gasteiger partial charge in [-0.25, -0.2) is 0 Å². The molecule has 1 saturated carbocycles. The Bertz CT molecular complexity index is 360. The van der Waals surface area contributed by atoms with Crippen LogP contribution in [0.1, 0.15) is 6.42 Å². The Balaban J connectivity index is 2.29. The van der Waals surface area contributed by atoms with Crippen molar-refractivity contribution >= 4 is 23.2 Å². The lowest BCUT2D eigenvalue weighted by atomic mass is 9.82. The van der Waals surface area contributed by atoms with E-state index in [1.807, 2.05) is 0 Å². The van der Waals surface area contributed by atoms with Gasteiger partial charge in [-0.05, 0) is 6.42 Å². The summed E-state index contributed by atoms with van der Waals surface area (Å²) in [5.41, 5.74) is -3.96. The second-order valence-electron chi connectivity index (χ2n) is 4.86. The van der Waals surface area contributed by atoms with E-state index in [1.54, 1.807) is 5.32 Å². The fraction of sp³-hybridized carbons (Fsp3) is 1.00. The van der Waals surface area contributed by atoms with Crippen LogP contribution in [0.15, 0.2) is 0 Å². The highest BCUT2D eigenvalue weighted by molar-refractivity contribution is 6.22. The lowest BCUT2D eigenvalue weighted by Crippen LogP contribution is -2.70. The Hall–Kier alpha value is 0.0800. The summed E-state index contributed by atoms with van der Waals surface area (Å²) in [4.78, 5) is 0. The van der Waals surface area contributed by atoms with Crippen LogP contribution in [0.3, 0.4) is 0 Å². The van der Waals surface area contributed by atoms with E-state index in [0.717, 1.165) is 0 Å². The van der Waals surface area contributed by atoms with Gasteiger partial charge in [0.1, 0.15) is 0 Å². The zero-order valence-corrected chi connectivity index (χ0v) is 11.4. The van der Waals surface area contributed by atoms with Crippen LogP contribution in [0.25, 0.3) is 0 Å². The molecular weight excluding hydrogens is 335 g/mol. The molecule has 0 unspecified atom stereocenters. The summed E-state index contributed by atoms with van der Waals surface area (Å²) in [6, 6.07) is -1.20. The van der Waals surface area contributed by atoms with E-state index in [1.165, 1.54) is 0 Å². The van der Waals surface area contributed by atoms with Crippen molar-refractivity contribution in [2.24, 2.45) is 5.92 Å². The third-order valence-electron chi connectivity index (χ3n) is 3.87. The number of rotatable bonds is 3. The average Bonchev–Trinajstić information content (AvgIpc) is 2.75.